The van der Waals surface area contributed by atoms with Gasteiger partial charge in [0.05, 0.1) is 3.57 Å². The normalized spacial score (nSPS) is 10.1. The number of anilines is 2. The minimum atomic E-state index is 0.794. The van der Waals surface area contributed by atoms with Crippen molar-refractivity contribution in [3.05, 3.63) is 70.7 Å². The van der Waals surface area contributed by atoms with Gasteiger partial charge in [0, 0.05) is 11.9 Å². The Balaban J connectivity index is 1.71. The third kappa shape index (κ3) is 3.69. The zero-order chi connectivity index (χ0) is 14.5. The van der Waals surface area contributed by atoms with Gasteiger partial charge in [-0.1, -0.05) is 18.2 Å². The Morgan fingerprint density at radius 1 is 0.905 bits per heavy atom. The lowest BCUT2D eigenvalue weighted by Crippen LogP contribution is -1.96. The van der Waals surface area contributed by atoms with Crippen LogP contribution in [-0.2, 0) is 0 Å². The number of nitrogens with zero attached hydrogens (tertiary/aromatic N) is 2. The molecule has 0 spiro atoms. The van der Waals surface area contributed by atoms with Crippen LogP contribution in [0.2, 0.25) is 0 Å². The molecule has 4 nitrogen and oxygen atoms in total. The first kappa shape index (κ1) is 13.8. The smallest absolute Gasteiger partial charge is 0.147 e. The molecule has 1 aromatic heterocycles. The molecule has 0 fully saturated rings. The molecule has 5 heteroatoms. The first-order valence-corrected chi connectivity index (χ1v) is 7.44. The molecule has 1 N–H and O–H groups in total. The highest BCUT2D eigenvalue weighted by atomic mass is 127. The Bertz CT molecular complexity index is 717. The van der Waals surface area contributed by atoms with E-state index in [9.17, 15) is 0 Å². The molecule has 0 aliphatic carbocycles. The van der Waals surface area contributed by atoms with E-state index in [1.54, 1.807) is 6.20 Å². The van der Waals surface area contributed by atoms with Gasteiger partial charge in [-0.05, 0) is 59.0 Å². The highest BCUT2D eigenvalue weighted by molar-refractivity contribution is 14.1. The van der Waals surface area contributed by atoms with Crippen LogP contribution < -0.4 is 10.1 Å². The number of benzene rings is 2. The summed E-state index contributed by atoms with van der Waals surface area (Å²) in [7, 11) is 0. The molecule has 0 atom stereocenters. The van der Waals surface area contributed by atoms with E-state index in [2.05, 4.69) is 37.9 Å². The first-order valence-electron chi connectivity index (χ1n) is 6.37. The van der Waals surface area contributed by atoms with Crippen LogP contribution in [0.5, 0.6) is 11.5 Å². The van der Waals surface area contributed by atoms with Gasteiger partial charge >= 0.3 is 0 Å². The first-order chi connectivity index (χ1) is 10.3. The maximum absolute atomic E-state index is 5.75. The Morgan fingerprint density at radius 3 is 2.33 bits per heavy atom. The zero-order valence-electron chi connectivity index (χ0n) is 11.0. The Hall–Kier alpha value is -2.15. The summed E-state index contributed by atoms with van der Waals surface area (Å²) in [5.41, 5.74) is 0.951. The summed E-state index contributed by atoms with van der Waals surface area (Å²) in [6.45, 7) is 0. The van der Waals surface area contributed by atoms with Gasteiger partial charge in [-0.25, -0.2) is 9.97 Å². The molecule has 3 aromatic rings. The number of para-hydroxylation sites is 1. The van der Waals surface area contributed by atoms with E-state index >= 15 is 0 Å². The van der Waals surface area contributed by atoms with E-state index < -0.39 is 0 Å². The van der Waals surface area contributed by atoms with Crippen LogP contribution in [-0.4, -0.2) is 9.97 Å². The van der Waals surface area contributed by atoms with Crippen molar-refractivity contribution < 1.29 is 4.74 Å². The summed E-state index contributed by atoms with van der Waals surface area (Å²) < 4.78 is 6.72. The third-order valence-corrected chi connectivity index (χ3v) is 3.55. The number of rotatable bonds is 4. The summed E-state index contributed by atoms with van der Waals surface area (Å²) in [5.74, 6) is 2.41. The fourth-order valence-corrected chi connectivity index (χ4v) is 2.21. The van der Waals surface area contributed by atoms with Gasteiger partial charge in [0.25, 0.3) is 0 Å². The van der Waals surface area contributed by atoms with Gasteiger partial charge in [-0.2, -0.15) is 0 Å². The summed E-state index contributed by atoms with van der Waals surface area (Å²) in [6, 6.07) is 17.5. The summed E-state index contributed by atoms with van der Waals surface area (Å²) >= 11 is 2.20. The van der Waals surface area contributed by atoms with E-state index in [4.69, 9.17) is 4.74 Å². The molecule has 0 unspecified atom stereocenters. The average Bonchev–Trinajstić information content (AvgIpc) is 2.52. The highest BCUT2D eigenvalue weighted by Gasteiger charge is 2.02. The van der Waals surface area contributed by atoms with E-state index in [0.29, 0.717) is 0 Å². The zero-order valence-corrected chi connectivity index (χ0v) is 13.2. The highest BCUT2D eigenvalue weighted by Crippen LogP contribution is 2.24. The van der Waals surface area contributed by atoms with E-state index in [-0.39, 0.29) is 0 Å². The summed E-state index contributed by atoms with van der Waals surface area (Å²) in [6.07, 6.45) is 3.29. The molecule has 1 heterocycles. The molecular weight excluding hydrogens is 377 g/mol. The molecule has 104 valence electrons. The van der Waals surface area contributed by atoms with Gasteiger partial charge in [0.1, 0.15) is 23.6 Å². The van der Waals surface area contributed by atoms with Crippen molar-refractivity contribution in [2.45, 2.75) is 0 Å². The van der Waals surface area contributed by atoms with Gasteiger partial charge in [0.2, 0.25) is 0 Å². The van der Waals surface area contributed by atoms with Gasteiger partial charge in [-0.3, -0.25) is 0 Å². The van der Waals surface area contributed by atoms with Gasteiger partial charge in [0.15, 0.2) is 0 Å². The fourth-order valence-electron chi connectivity index (χ4n) is 1.77. The quantitative estimate of drug-likeness (QED) is 0.662. The second-order valence-corrected chi connectivity index (χ2v) is 5.45. The molecule has 0 radical (unpaired) electrons. The molecule has 3 rings (SSSR count). The largest absolute Gasteiger partial charge is 0.457 e. The Morgan fingerprint density at radius 2 is 1.62 bits per heavy atom. The van der Waals surface area contributed by atoms with Crippen molar-refractivity contribution >= 4 is 34.1 Å². The molecule has 0 saturated heterocycles. The number of ether oxygens (including phenoxy) is 1. The van der Waals surface area contributed by atoms with Crippen LogP contribution in [0.25, 0.3) is 0 Å². The number of hydrogen-bond acceptors (Lipinski definition) is 4. The third-order valence-electron chi connectivity index (χ3n) is 2.76. The van der Waals surface area contributed by atoms with Crippen LogP contribution in [0.1, 0.15) is 0 Å². The van der Waals surface area contributed by atoms with Crippen molar-refractivity contribution in [2.24, 2.45) is 0 Å². The topological polar surface area (TPSA) is 47.0 Å². The van der Waals surface area contributed by atoms with Crippen LogP contribution in [0, 0.1) is 3.57 Å². The van der Waals surface area contributed by atoms with Crippen molar-refractivity contribution in [1.82, 2.24) is 9.97 Å². The van der Waals surface area contributed by atoms with Crippen LogP contribution >= 0.6 is 22.6 Å². The molecule has 0 aliphatic rings. The minimum Gasteiger partial charge on any atom is -0.457 e. The van der Waals surface area contributed by atoms with Crippen molar-refractivity contribution in [3.8, 4) is 11.5 Å². The average molecular weight is 389 g/mol. The SMILES string of the molecule is Ic1cncnc1Nc1ccc(Oc2ccccc2)cc1. The predicted octanol–water partition coefficient (Wildman–Crippen LogP) is 4.62. The molecule has 21 heavy (non-hydrogen) atoms. The molecule has 2 aromatic carbocycles. The van der Waals surface area contributed by atoms with Crippen LogP contribution in [0.4, 0.5) is 11.5 Å². The van der Waals surface area contributed by atoms with Crippen molar-refractivity contribution in [1.29, 1.82) is 0 Å². The van der Waals surface area contributed by atoms with Crippen molar-refractivity contribution in [2.75, 3.05) is 5.32 Å². The lowest BCUT2D eigenvalue weighted by atomic mass is 10.3. The Labute approximate surface area is 136 Å². The number of hydrogen-bond donors (Lipinski definition) is 1. The number of nitrogens with one attached hydrogen (secondary N) is 1. The number of aromatic nitrogens is 2. The standard InChI is InChI=1S/C16H12IN3O/c17-15-10-18-11-19-16(15)20-12-6-8-14(9-7-12)21-13-4-2-1-3-5-13/h1-11H,(H,18,19,20). The van der Waals surface area contributed by atoms with Crippen LogP contribution in [0.15, 0.2) is 67.1 Å². The molecule has 0 aliphatic heterocycles. The second kappa shape index (κ2) is 6.53. The minimum absolute atomic E-state index is 0.794. The van der Waals surface area contributed by atoms with Crippen molar-refractivity contribution in [3.63, 3.8) is 0 Å². The van der Waals surface area contributed by atoms with E-state index in [1.165, 1.54) is 6.33 Å². The predicted molar refractivity (Wildman–Crippen MR) is 91.0 cm³/mol. The van der Waals surface area contributed by atoms with Crippen LogP contribution in [0.3, 0.4) is 0 Å². The fraction of sp³-hybridized carbons (Fsp3) is 0. The Kier molecular flexibility index (Phi) is 4.30. The van der Waals surface area contributed by atoms with Gasteiger partial charge in [-0.15, -0.1) is 0 Å². The second-order valence-electron chi connectivity index (χ2n) is 4.28. The number of halogens is 1. The maximum atomic E-state index is 5.75. The van der Waals surface area contributed by atoms with E-state index in [0.717, 1.165) is 26.6 Å². The lowest BCUT2D eigenvalue weighted by Gasteiger charge is -2.09. The molecular formula is C16H12IN3O. The molecule has 0 bridgehead atoms. The van der Waals surface area contributed by atoms with Gasteiger partial charge < -0.3 is 10.1 Å². The van der Waals surface area contributed by atoms with E-state index in [1.807, 2.05) is 54.6 Å². The molecule has 0 saturated carbocycles. The summed E-state index contributed by atoms with van der Waals surface area (Å²) in [4.78, 5) is 8.17. The lowest BCUT2D eigenvalue weighted by molar-refractivity contribution is 0.483. The molecule has 0 amide bonds. The summed E-state index contributed by atoms with van der Waals surface area (Å²) in [5, 5.41) is 3.25. The maximum Gasteiger partial charge on any atom is 0.147 e. The monoisotopic (exact) mass is 389 g/mol.